The van der Waals surface area contributed by atoms with Crippen molar-refractivity contribution in [3.05, 3.63) is 67.3 Å². The van der Waals surface area contributed by atoms with Crippen LogP contribution in [0.2, 0.25) is 0 Å². The molecule has 0 amide bonds. The number of nitrogens with one attached hydrogen (secondary N) is 2. The molecule has 5 aromatic rings. The first-order chi connectivity index (χ1) is 15.7. The van der Waals surface area contributed by atoms with Gasteiger partial charge in [0, 0.05) is 67.7 Å². The molecule has 8 nitrogen and oxygen atoms in total. The van der Waals surface area contributed by atoms with Gasteiger partial charge in [-0.2, -0.15) is 9.97 Å². The van der Waals surface area contributed by atoms with Gasteiger partial charge >= 0.3 is 0 Å². The first-order valence-corrected chi connectivity index (χ1v) is 10.8. The van der Waals surface area contributed by atoms with E-state index in [9.17, 15) is 0 Å². The predicted molar refractivity (Wildman–Crippen MR) is 128 cm³/mol. The summed E-state index contributed by atoms with van der Waals surface area (Å²) in [6.45, 7) is 4.30. The standard InChI is InChI=1S/C24H24N8/c1-30-12-14-31(15-13-30)19-4-2-18(3-5-19)27-24-28-22-20(6-10-26-22)23(29-24)32-11-8-17-16-25-9-7-21(17)32/h2-11,16H,12-15H2,1H3,(H2,26,27,28,29). The Bertz CT molecular complexity index is 1380. The molecule has 1 saturated heterocycles. The molecule has 2 N–H and O–H groups in total. The van der Waals surface area contributed by atoms with E-state index in [1.54, 1.807) is 6.20 Å². The van der Waals surface area contributed by atoms with Crippen LogP contribution >= 0.6 is 0 Å². The summed E-state index contributed by atoms with van der Waals surface area (Å²) in [6, 6.07) is 14.6. The van der Waals surface area contributed by atoms with Crippen molar-refractivity contribution in [2.45, 2.75) is 0 Å². The molecule has 8 heteroatoms. The van der Waals surface area contributed by atoms with Crippen LogP contribution in [0.15, 0.2) is 67.3 Å². The highest BCUT2D eigenvalue weighted by atomic mass is 15.2. The van der Waals surface area contributed by atoms with Crippen molar-refractivity contribution in [3.63, 3.8) is 0 Å². The minimum atomic E-state index is 0.554. The molecular weight excluding hydrogens is 400 g/mol. The van der Waals surface area contributed by atoms with Gasteiger partial charge in [0.2, 0.25) is 5.95 Å². The summed E-state index contributed by atoms with van der Waals surface area (Å²) in [5, 5.41) is 5.42. The lowest BCUT2D eigenvalue weighted by atomic mass is 10.2. The number of nitrogens with zero attached hydrogens (tertiary/aromatic N) is 6. The maximum absolute atomic E-state index is 4.87. The minimum Gasteiger partial charge on any atom is -0.369 e. The average Bonchev–Trinajstić information content (AvgIpc) is 3.47. The number of piperazine rings is 1. The van der Waals surface area contributed by atoms with Gasteiger partial charge in [0.15, 0.2) is 5.82 Å². The Balaban J connectivity index is 1.32. The first kappa shape index (κ1) is 18.8. The number of aromatic nitrogens is 5. The molecule has 1 aliphatic rings. The van der Waals surface area contributed by atoms with E-state index in [1.807, 2.05) is 36.8 Å². The lowest BCUT2D eigenvalue weighted by molar-refractivity contribution is 0.313. The molecule has 0 spiro atoms. The summed E-state index contributed by atoms with van der Waals surface area (Å²) >= 11 is 0. The van der Waals surface area contributed by atoms with Crippen LogP contribution in [-0.4, -0.2) is 62.6 Å². The van der Waals surface area contributed by atoms with Crippen LogP contribution in [0.3, 0.4) is 0 Å². The van der Waals surface area contributed by atoms with Gasteiger partial charge in [-0.3, -0.25) is 4.98 Å². The third-order valence-electron chi connectivity index (χ3n) is 6.11. The highest BCUT2D eigenvalue weighted by Gasteiger charge is 2.15. The summed E-state index contributed by atoms with van der Waals surface area (Å²) in [6.07, 6.45) is 7.58. The highest BCUT2D eigenvalue weighted by molar-refractivity contribution is 5.88. The van der Waals surface area contributed by atoms with E-state index in [2.05, 4.69) is 65.9 Å². The average molecular weight is 425 g/mol. The Morgan fingerprint density at radius 1 is 0.938 bits per heavy atom. The molecule has 0 bridgehead atoms. The number of rotatable bonds is 4. The zero-order valence-electron chi connectivity index (χ0n) is 17.9. The number of hydrogen-bond donors (Lipinski definition) is 2. The third kappa shape index (κ3) is 3.34. The van der Waals surface area contributed by atoms with Gasteiger partial charge in [0.05, 0.1) is 10.9 Å². The van der Waals surface area contributed by atoms with E-state index in [-0.39, 0.29) is 0 Å². The zero-order valence-corrected chi connectivity index (χ0v) is 17.9. The summed E-state index contributed by atoms with van der Waals surface area (Å²) in [7, 11) is 2.17. The number of benzene rings is 1. The smallest absolute Gasteiger partial charge is 0.231 e. The fourth-order valence-corrected chi connectivity index (χ4v) is 4.28. The monoisotopic (exact) mass is 424 g/mol. The van der Waals surface area contributed by atoms with Gasteiger partial charge in [-0.15, -0.1) is 0 Å². The van der Waals surface area contributed by atoms with E-state index in [0.29, 0.717) is 5.95 Å². The van der Waals surface area contributed by atoms with E-state index in [0.717, 1.165) is 59.6 Å². The molecule has 1 fully saturated rings. The van der Waals surface area contributed by atoms with Crippen LogP contribution in [0.1, 0.15) is 0 Å². The number of aromatic amines is 1. The molecule has 1 aliphatic heterocycles. The Kier molecular flexibility index (Phi) is 4.50. The quantitative estimate of drug-likeness (QED) is 0.457. The Labute approximate surface area is 185 Å². The van der Waals surface area contributed by atoms with Crippen LogP contribution in [0.5, 0.6) is 0 Å². The molecule has 0 unspecified atom stereocenters. The fraction of sp³-hybridized carbons (Fsp3) is 0.208. The highest BCUT2D eigenvalue weighted by Crippen LogP contribution is 2.27. The third-order valence-corrected chi connectivity index (χ3v) is 6.11. The number of fused-ring (bicyclic) bond motifs is 2. The number of anilines is 3. The normalized spacial score (nSPS) is 15.0. The van der Waals surface area contributed by atoms with Gasteiger partial charge in [0.25, 0.3) is 0 Å². The second-order valence-corrected chi connectivity index (χ2v) is 8.19. The molecule has 0 radical (unpaired) electrons. The van der Waals surface area contributed by atoms with E-state index in [1.165, 1.54) is 5.69 Å². The van der Waals surface area contributed by atoms with E-state index < -0.39 is 0 Å². The molecule has 32 heavy (non-hydrogen) atoms. The lowest BCUT2D eigenvalue weighted by Crippen LogP contribution is -2.44. The lowest BCUT2D eigenvalue weighted by Gasteiger charge is -2.34. The number of H-pyrrole nitrogens is 1. The Hall–Kier alpha value is -3.91. The topological polar surface area (TPSA) is 77.9 Å². The SMILES string of the molecule is CN1CCN(c2ccc(Nc3nc(-n4ccc5cnccc54)c4cc[nH]c4n3)cc2)CC1. The molecule has 6 rings (SSSR count). The summed E-state index contributed by atoms with van der Waals surface area (Å²) in [5.41, 5.74) is 4.06. The van der Waals surface area contributed by atoms with Crippen molar-refractivity contribution in [2.24, 2.45) is 0 Å². The second kappa shape index (κ2) is 7.65. The Morgan fingerprint density at radius 3 is 2.62 bits per heavy atom. The zero-order chi connectivity index (χ0) is 21.5. The van der Waals surface area contributed by atoms with Crippen LogP contribution in [0, 0.1) is 0 Å². The summed E-state index contributed by atoms with van der Waals surface area (Å²) in [4.78, 5) is 21.8. The van der Waals surface area contributed by atoms with Gasteiger partial charge < -0.3 is 24.7 Å². The number of hydrogen-bond acceptors (Lipinski definition) is 6. The van der Waals surface area contributed by atoms with Crippen molar-refractivity contribution in [1.29, 1.82) is 0 Å². The molecule has 0 aliphatic carbocycles. The van der Waals surface area contributed by atoms with E-state index in [4.69, 9.17) is 4.98 Å². The van der Waals surface area contributed by atoms with Crippen LogP contribution < -0.4 is 10.2 Å². The summed E-state index contributed by atoms with van der Waals surface area (Å²) in [5.74, 6) is 1.38. The predicted octanol–water partition coefficient (Wildman–Crippen LogP) is 3.79. The van der Waals surface area contributed by atoms with E-state index >= 15 is 0 Å². The summed E-state index contributed by atoms with van der Waals surface area (Å²) < 4.78 is 2.08. The van der Waals surface area contributed by atoms with Gasteiger partial charge in [-0.05, 0) is 49.5 Å². The molecule has 1 aromatic carbocycles. The largest absolute Gasteiger partial charge is 0.369 e. The van der Waals surface area contributed by atoms with Crippen LogP contribution in [-0.2, 0) is 0 Å². The molecule has 5 heterocycles. The van der Waals surface area contributed by atoms with Gasteiger partial charge in [-0.25, -0.2) is 0 Å². The van der Waals surface area contributed by atoms with Gasteiger partial charge in [-0.1, -0.05) is 0 Å². The van der Waals surface area contributed by atoms with Crippen molar-refractivity contribution in [2.75, 3.05) is 43.4 Å². The molecule has 4 aromatic heterocycles. The van der Waals surface area contributed by atoms with Gasteiger partial charge in [0.1, 0.15) is 5.65 Å². The molecule has 0 atom stereocenters. The molecule has 160 valence electrons. The molecular formula is C24H24N8. The van der Waals surface area contributed by atoms with Crippen molar-refractivity contribution < 1.29 is 0 Å². The van der Waals surface area contributed by atoms with Crippen LogP contribution in [0.4, 0.5) is 17.3 Å². The minimum absolute atomic E-state index is 0.554. The van der Waals surface area contributed by atoms with Crippen molar-refractivity contribution in [3.8, 4) is 5.82 Å². The first-order valence-electron chi connectivity index (χ1n) is 10.8. The fourth-order valence-electron chi connectivity index (χ4n) is 4.28. The number of pyridine rings is 1. The Morgan fingerprint density at radius 2 is 1.78 bits per heavy atom. The van der Waals surface area contributed by atoms with Crippen LogP contribution in [0.25, 0.3) is 27.8 Å². The maximum Gasteiger partial charge on any atom is 0.231 e. The second-order valence-electron chi connectivity index (χ2n) is 8.19. The van der Waals surface area contributed by atoms with Crippen molar-refractivity contribution >= 4 is 39.3 Å². The number of likely N-dealkylation sites (N-methyl/N-ethyl adjacent to an activating group) is 1. The van der Waals surface area contributed by atoms with Crippen molar-refractivity contribution in [1.82, 2.24) is 29.4 Å². The maximum atomic E-state index is 4.87. The molecule has 0 saturated carbocycles.